The molecule has 1 saturated heterocycles. The van der Waals surface area contributed by atoms with Crippen LogP contribution in [0.4, 0.5) is 0 Å². The van der Waals surface area contributed by atoms with Gasteiger partial charge in [-0.15, -0.1) is 0 Å². The minimum absolute atomic E-state index is 0.196. The summed E-state index contributed by atoms with van der Waals surface area (Å²) in [4.78, 5) is 20.2. The van der Waals surface area contributed by atoms with E-state index in [1.807, 2.05) is 12.1 Å². The second-order valence-electron chi connectivity index (χ2n) is 6.40. The lowest BCUT2D eigenvalue weighted by atomic mass is 10.1. The van der Waals surface area contributed by atoms with Gasteiger partial charge in [-0.25, -0.2) is 9.78 Å². The number of aromatic amines is 1. The highest BCUT2D eigenvalue weighted by Crippen LogP contribution is 2.21. The number of pyridine rings is 1. The van der Waals surface area contributed by atoms with Crippen molar-refractivity contribution in [3.8, 4) is 17.3 Å². The lowest BCUT2D eigenvalue weighted by molar-refractivity contribution is 0.0965. The van der Waals surface area contributed by atoms with Gasteiger partial charge in [0.25, 0.3) is 0 Å². The van der Waals surface area contributed by atoms with Gasteiger partial charge in [-0.1, -0.05) is 35.5 Å². The van der Waals surface area contributed by atoms with Gasteiger partial charge >= 0.3 is 5.76 Å². The average molecular weight is 352 g/mol. The molecule has 0 spiro atoms. The first kappa shape index (κ1) is 16.5. The summed E-state index contributed by atoms with van der Waals surface area (Å²) in [6, 6.07) is 14.1. The number of likely N-dealkylation sites (tertiary alicyclic amines) is 1. The molecular formula is C19H20N4O3. The number of ether oxygens (including phenoxy) is 1. The van der Waals surface area contributed by atoms with E-state index < -0.39 is 5.76 Å². The molecule has 4 rings (SSSR count). The fourth-order valence-corrected chi connectivity index (χ4v) is 3.15. The zero-order valence-electron chi connectivity index (χ0n) is 14.3. The van der Waals surface area contributed by atoms with Crippen molar-refractivity contribution in [1.29, 1.82) is 0 Å². The Morgan fingerprint density at radius 3 is 2.62 bits per heavy atom. The third-order valence-electron chi connectivity index (χ3n) is 4.51. The number of aromatic nitrogens is 3. The monoisotopic (exact) mass is 352 g/mol. The normalized spacial score (nSPS) is 15.8. The van der Waals surface area contributed by atoms with Crippen molar-refractivity contribution in [2.75, 3.05) is 13.1 Å². The molecule has 1 N–H and O–H groups in total. The first-order chi connectivity index (χ1) is 12.8. The highest BCUT2D eigenvalue weighted by atomic mass is 16.5. The first-order valence-corrected chi connectivity index (χ1v) is 8.71. The van der Waals surface area contributed by atoms with Crippen molar-refractivity contribution in [1.82, 2.24) is 20.0 Å². The van der Waals surface area contributed by atoms with Crippen molar-refractivity contribution in [3.05, 3.63) is 64.8 Å². The molecule has 134 valence electrons. The SMILES string of the molecule is O=c1[nH]c(-c2ccc(OC3CCN(Cc4ccccc4)CC3)cn2)no1. The van der Waals surface area contributed by atoms with Crippen LogP contribution in [-0.2, 0) is 6.54 Å². The third-order valence-corrected chi connectivity index (χ3v) is 4.51. The van der Waals surface area contributed by atoms with Gasteiger partial charge in [0.05, 0.1) is 6.20 Å². The Labute approximate surface area is 150 Å². The van der Waals surface area contributed by atoms with Crippen LogP contribution in [0.5, 0.6) is 5.75 Å². The van der Waals surface area contributed by atoms with E-state index in [0.29, 0.717) is 11.5 Å². The molecule has 0 amide bonds. The maximum absolute atomic E-state index is 11.0. The van der Waals surface area contributed by atoms with E-state index in [-0.39, 0.29) is 6.10 Å². The number of nitrogens with zero attached hydrogens (tertiary/aromatic N) is 3. The van der Waals surface area contributed by atoms with E-state index in [9.17, 15) is 4.79 Å². The summed E-state index contributed by atoms with van der Waals surface area (Å²) in [5.74, 6) is 0.446. The van der Waals surface area contributed by atoms with E-state index in [2.05, 4.69) is 48.8 Å². The van der Waals surface area contributed by atoms with Crippen LogP contribution in [0.3, 0.4) is 0 Å². The van der Waals surface area contributed by atoms with Gasteiger partial charge in [-0.05, 0) is 30.5 Å². The van der Waals surface area contributed by atoms with Crippen molar-refractivity contribution in [2.45, 2.75) is 25.5 Å². The van der Waals surface area contributed by atoms with Crippen LogP contribution in [0.2, 0.25) is 0 Å². The lowest BCUT2D eigenvalue weighted by Gasteiger charge is -2.32. The van der Waals surface area contributed by atoms with E-state index in [1.54, 1.807) is 12.3 Å². The first-order valence-electron chi connectivity index (χ1n) is 8.71. The zero-order chi connectivity index (χ0) is 17.8. The topological polar surface area (TPSA) is 84.3 Å². The molecule has 1 aliphatic rings. The number of benzene rings is 1. The molecule has 1 fully saturated rings. The van der Waals surface area contributed by atoms with Crippen LogP contribution < -0.4 is 10.5 Å². The standard InChI is InChI=1S/C19H20N4O3/c24-19-21-18(22-26-19)17-7-6-16(12-20-17)25-15-8-10-23(11-9-15)13-14-4-2-1-3-5-14/h1-7,12,15H,8-11,13H2,(H,21,22,24). The van der Waals surface area contributed by atoms with Crippen molar-refractivity contribution < 1.29 is 9.26 Å². The van der Waals surface area contributed by atoms with Crippen molar-refractivity contribution in [2.24, 2.45) is 0 Å². The summed E-state index contributed by atoms with van der Waals surface area (Å²) < 4.78 is 10.5. The predicted octanol–water partition coefficient (Wildman–Crippen LogP) is 2.47. The van der Waals surface area contributed by atoms with Crippen molar-refractivity contribution in [3.63, 3.8) is 0 Å². The molecule has 2 aromatic heterocycles. The molecule has 3 aromatic rings. The minimum Gasteiger partial charge on any atom is -0.489 e. The van der Waals surface area contributed by atoms with Gasteiger partial charge in [0.2, 0.25) is 5.82 Å². The van der Waals surface area contributed by atoms with Crippen LogP contribution >= 0.6 is 0 Å². The van der Waals surface area contributed by atoms with E-state index in [1.165, 1.54) is 5.56 Å². The fraction of sp³-hybridized carbons (Fsp3) is 0.316. The number of H-pyrrole nitrogens is 1. The number of nitrogens with one attached hydrogen (secondary N) is 1. The molecule has 0 unspecified atom stereocenters. The molecule has 0 radical (unpaired) electrons. The molecule has 0 atom stereocenters. The molecule has 0 aliphatic carbocycles. The Balaban J connectivity index is 1.29. The molecule has 1 aromatic carbocycles. The molecule has 7 heteroatoms. The number of hydrogen-bond acceptors (Lipinski definition) is 6. The summed E-state index contributed by atoms with van der Waals surface area (Å²) in [6.45, 7) is 3.02. The Kier molecular flexibility index (Phi) is 4.79. The molecular weight excluding hydrogens is 332 g/mol. The summed E-state index contributed by atoms with van der Waals surface area (Å²) in [5, 5.41) is 3.62. The average Bonchev–Trinajstić information content (AvgIpc) is 3.11. The zero-order valence-corrected chi connectivity index (χ0v) is 14.3. The maximum Gasteiger partial charge on any atom is 0.439 e. The number of rotatable bonds is 5. The second-order valence-corrected chi connectivity index (χ2v) is 6.40. The third kappa shape index (κ3) is 4.00. The van der Waals surface area contributed by atoms with Crippen LogP contribution in [0.1, 0.15) is 18.4 Å². The Bertz CT molecular complexity index is 881. The van der Waals surface area contributed by atoms with Gasteiger partial charge in [-0.2, -0.15) is 0 Å². The van der Waals surface area contributed by atoms with Crippen molar-refractivity contribution >= 4 is 0 Å². The summed E-state index contributed by atoms with van der Waals surface area (Å²) in [7, 11) is 0. The lowest BCUT2D eigenvalue weighted by Crippen LogP contribution is -2.37. The summed E-state index contributed by atoms with van der Waals surface area (Å²) >= 11 is 0. The van der Waals surface area contributed by atoms with Crippen LogP contribution in [0.25, 0.3) is 11.5 Å². The van der Waals surface area contributed by atoms with Crippen LogP contribution in [-0.4, -0.2) is 39.2 Å². The van der Waals surface area contributed by atoms with Crippen LogP contribution in [0.15, 0.2) is 58.0 Å². The van der Waals surface area contributed by atoms with Gasteiger partial charge < -0.3 is 4.74 Å². The molecule has 0 saturated carbocycles. The second kappa shape index (κ2) is 7.53. The van der Waals surface area contributed by atoms with Gasteiger partial charge in [-0.3, -0.25) is 14.4 Å². The summed E-state index contributed by atoms with van der Waals surface area (Å²) in [6.07, 6.45) is 3.83. The quantitative estimate of drug-likeness (QED) is 0.759. The largest absolute Gasteiger partial charge is 0.489 e. The number of piperidine rings is 1. The highest BCUT2D eigenvalue weighted by Gasteiger charge is 2.20. The predicted molar refractivity (Wildman–Crippen MR) is 95.7 cm³/mol. The van der Waals surface area contributed by atoms with E-state index in [4.69, 9.17) is 4.74 Å². The Morgan fingerprint density at radius 1 is 1.15 bits per heavy atom. The van der Waals surface area contributed by atoms with Crippen LogP contribution in [0, 0.1) is 0 Å². The highest BCUT2D eigenvalue weighted by molar-refractivity contribution is 5.48. The minimum atomic E-state index is -0.593. The van der Waals surface area contributed by atoms with Gasteiger partial charge in [0.1, 0.15) is 17.5 Å². The fourth-order valence-electron chi connectivity index (χ4n) is 3.15. The molecule has 1 aliphatic heterocycles. The van der Waals surface area contributed by atoms with Gasteiger partial charge in [0, 0.05) is 19.6 Å². The summed E-state index contributed by atoms with van der Waals surface area (Å²) in [5.41, 5.74) is 1.89. The maximum atomic E-state index is 11.0. The Hall–Kier alpha value is -2.93. The van der Waals surface area contributed by atoms with E-state index in [0.717, 1.165) is 38.2 Å². The Morgan fingerprint density at radius 2 is 1.96 bits per heavy atom. The molecule has 7 nitrogen and oxygen atoms in total. The molecule has 26 heavy (non-hydrogen) atoms. The smallest absolute Gasteiger partial charge is 0.439 e. The molecule has 0 bridgehead atoms. The molecule has 3 heterocycles. The van der Waals surface area contributed by atoms with E-state index >= 15 is 0 Å². The van der Waals surface area contributed by atoms with Gasteiger partial charge in [0.15, 0.2) is 0 Å². The number of hydrogen-bond donors (Lipinski definition) is 1.